The van der Waals surface area contributed by atoms with Crippen molar-refractivity contribution >= 4 is 5.78 Å². The molecule has 0 saturated carbocycles. The first-order valence-corrected chi connectivity index (χ1v) is 5.20. The molecule has 3 nitrogen and oxygen atoms in total. The van der Waals surface area contributed by atoms with Crippen LogP contribution in [-0.2, 0) is 4.74 Å². The van der Waals surface area contributed by atoms with Gasteiger partial charge in [0, 0.05) is 5.56 Å². The van der Waals surface area contributed by atoms with Gasteiger partial charge < -0.3 is 9.47 Å². The van der Waals surface area contributed by atoms with Gasteiger partial charge in [-0.05, 0) is 31.2 Å². The standard InChI is InChI=1S/C12H13F3O3/c1-8(12(13,14)15)18-7-11(16)9-3-5-10(17-2)6-4-9/h3-6,8H,7H2,1-2H3. The molecule has 6 heteroatoms. The maximum Gasteiger partial charge on any atom is 0.414 e. The molecule has 0 saturated heterocycles. The van der Waals surface area contributed by atoms with Crippen LogP contribution in [0, 0.1) is 0 Å². The lowest BCUT2D eigenvalue weighted by Crippen LogP contribution is -2.30. The summed E-state index contributed by atoms with van der Waals surface area (Å²) >= 11 is 0. The molecule has 0 bridgehead atoms. The van der Waals surface area contributed by atoms with Crippen molar-refractivity contribution in [3.63, 3.8) is 0 Å². The van der Waals surface area contributed by atoms with Crippen molar-refractivity contribution in [2.45, 2.75) is 19.2 Å². The quantitative estimate of drug-likeness (QED) is 0.765. The largest absolute Gasteiger partial charge is 0.497 e. The molecule has 0 spiro atoms. The SMILES string of the molecule is COc1ccc(C(=O)COC(C)C(F)(F)F)cc1. The van der Waals surface area contributed by atoms with Gasteiger partial charge in [0.2, 0.25) is 0 Å². The molecule has 1 atom stereocenters. The molecule has 100 valence electrons. The second-order valence-electron chi connectivity index (χ2n) is 3.65. The van der Waals surface area contributed by atoms with E-state index in [1.807, 2.05) is 0 Å². The second kappa shape index (κ2) is 5.86. The van der Waals surface area contributed by atoms with Crippen LogP contribution >= 0.6 is 0 Å². The molecule has 0 N–H and O–H groups in total. The number of ether oxygens (including phenoxy) is 2. The van der Waals surface area contributed by atoms with Crippen molar-refractivity contribution in [2.75, 3.05) is 13.7 Å². The summed E-state index contributed by atoms with van der Waals surface area (Å²) < 4.78 is 45.8. The number of halogens is 3. The molecule has 0 heterocycles. The Balaban J connectivity index is 2.55. The maximum atomic E-state index is 12.1. The molecule has 1 aromatic carbocycles. The van der Waals surface area contributed by atoms with Crippen molar-refractivity contribution in [1.29, 1.82) is 0 Å². The average Bonchev–Trinajstić information content (AvgIpc) is 2.34. The van der Waals surface area contributed by atoms with Gasteiger partial charge in [-0.3, -0.25) is 4.79 Å². The Bertz CT molecular complexity index is 398. The van der Waals surface area contributed by atoms with Gasteiger partial charge in [-0.25, -0.2) is 0 Å². The fourth-order valence-corrected chi connectivity index (χ4v) is 1.16. The summed E-state index contributed by atoms with van der Waals surface area (Å²) in [7, 11) is 1.48. The average molecular weight is 262 g/mol. The van der Waals surface area contributed by atoms with Crippen LogP contribution in [0.2, 0.25) is 0 Å². The van der Waals surface area contributed by atoms with Crippen molar-refractivity contribution in [1.82, 2.24) is 0 Å². The normalized spacial score (nSPS) is 13.2. The van der Waals surface area contributed by atoms with E-state index in [4.69, 9.17) is 4.74 Å². The Morgan fingerprint density at radius 2 is 1.83 bits per heavy atom. The topological polar surface area (TPSA) is 35.5 Å². The summed E-state index contributed by atoms with van der Waals surface area (Å²) in [5, 5.41) is 0. The van der Waals surface area contributed by atoms with E-state index in [9.17, 15) is 18.0 Å². The number of alkyl halides is 3. The van der Waals surface area contributed by atoms with Gasteiger partial charge in [0.05, 0.1) is 7.11 Å². The summed E-state index contributed by atoms with van der Waals surface area (Å²) in [6.07, 6.45) is -6.42. The van der Waals surface area contributed by atoms with Crippen LogP contribution in [0.15, 0.2) is 24.3 Å². The molecule has 0 fully saturated rings. The third-order valence-electron chi connectivity index (χ3n) is 2.34. The molecule has 0 aliphatic heterocycles. The summed E-state index contributed by atoms with van der Waals surface area (Å²) in [5.74, 6) is 0.0601. The Labute approximate surface area is 103 Å². The summed E-state index contributed by atoms with van der Waals surface area (Å²) in [6.45, 7) is 0.258. The minimum absolute atomic E-state index is 0.283. The number of carbonyl (C=O) groups excluding carboxylic acids is 1. The molecule has 1 rings (SSSR count). The maximum absolute atomic E-state index is 12.1. The third-order valence-corrected chi connectivity index (χ3v) is 2.34. The molecular weight excluding hydrogens is 249 g/mol. The highest BCUT2D eigenvalue weighted by molar-refractivity contribution is 5.97. The Hall–Kier alpha value is -1.56. The molecular formula is C12H13F3O3. The highest BCUT2D eigenvalue weighted by Gasteiger charge is 2.37. The van der Waals surface area contributed by atoms with Crippen molar-refractivity contribution in [2.24, 2.45) is 0 Å². The van der Waals surface area contributed by atoms with Crippen LogP contribution in [0.3, 0.4) is 0 Å². The molecule has 1 unspecified atom stereocenters. The molecule has 0 radical (unpaired) electrons. The van der Waals surface area contributed by atoms with Crippen LogP contribution in [0.4, 0.5) is 13.2 Å². The fraction of sp³-hybridized carbons (Fsp3) is 0.417. The van der Waals surface area contributed by atoms with E-state index in [1.54, 1.807) is 12.1 Å². The number of rotatable bonds is 5. The molecule has 0 aliphatic carbocycles. The van der Waals surface area contributed by atoms with Gasteiger partial charge in [-0.1, -0.05) is 0 Å². The molecule has 0 aliphatic rings. The van der Waals surface area contributed by atoms with Gasteiger partial charge in [0.25, 0.3) is 0 Å². The van der Waals surface area contributed by atoms with Crippen molar-refractivity contribution in [3.05, 3.63) is 29.8 Å². The zero-order chi connectivity index (χ0) is 13.8. The number of methoxy groups -OCH3 is 1. The van der Waals surface area contributed by atoms with Crippen molar-refractivity contribution < 1.29 is 27.4 Å². The Morgan fingerprint density at radius 3 is 2.28 bits per heavy atom. The van der Waals surface area contributed by atoms with Crippen molar-refractivity contribution in [3.8, 4) is 5.75 Å². The number of benzene rings is 1. The smallest absolute Gasteiger partial charge is 0.414 e. The summed E-state index contributed by atoms with van der Waals surface area (Å²) in [6, 6.07) is 6.06. The highest BCUT2D eigenvalue weighted by Crippen LogP contribution is 2.22. The first-order chi connectivity index (χ1) is 8.34. The van der Waals surface area contributed by atoms with Gasteiger partial charge in [0.1, 0.15) is 12.4 Å². The van der Waals surface area contributed by atoms with E-state index >= 15 is 0 Å². The predicted octanol–water partition coefficient (Wildman–Crippen LogP) is 2.85. The minimum atomic E-state index is -4.46. The minimum Gasteiger partial charge on any atom is -0.497 e. The third kappa shape index (κ3) is 4.03. The van der Waals surface area contributed by atoms with E-state index in [1.165, 1.54) is 19.2 Å². The Kier molecular flexibility index (Phi) is 4.72. The van der Waals surface area contributed by atoms with Gasteiger partial charge >= 0.3 is 6.18 Å². The van der Waals surface area contributed by atoms with Crippen LogP contribution in [0.25, 0.3) is 0 Å². The first kappa shape index (κ1) is 14.5. The fourth-order valence-electron chi connectivity index (χ4n) is 1.16. The highest BCUT2D eigenvalue weighted by atomic mass is 19.4. The second-order valence-corrected chi connectivity index (χ2v) is 3.65. The van der Waals surface area contributed by atoms with Crippen LogP contribution < -0.4 is 4.74 Å². The van der Waals surface area contributed by atoms with Crippen LogP contribution in [-0.4, -0.2) is 31.8 Å². The van der Waals surface area contributed by atoms with Crippen LogP contribution in [0.1, 0.15) is 17.3 Å². The molecule has 0 amide bonds. The molecule has 18 heavy (non-hydrogen) atoms. The monoisotopic (exact) mass is 262 g/mol. The van der Waals surface area contributed by atoms with Gasteiger partial charge in [0.15, 0.2) is 11.9 Å². The Morgan fingerprint density at radius 1 is 1.28 bits per heavy atom. The molecule has 1 aromatic rings. The van der Waals surface area contributed by atoms with E-state index in [0.717, 1.165) is 6.92 Å². The molecule has 0 aromatic heterocycles. The number of hydrogen-bond acceptors (Lipinski definition) is 3. The zero-order valence-electron chi connectivity index (χ0n) is 9.95. The zero-order valence-corrected chi connectivity index (χ0v) is 9.95. The van der Waals surface area contributed by atoms with E-state index in [2.05, 4.69) is 4.74 Å². The van der Waals surface area contributed by atoms with Crippen LogP contribution in [0.5, 0.6) is 5.75 Å². The summed E-state index contributed by atoms with van der Waals surface area (Å²) in [4.78, 5) is 11.5. The van der Waals surface area contributed by atoms with Gasteiger partial charge in [-0.15, -0.1) is 0 Å². The van der Waals surface area contributed by atoms with E-state index in [-0.39, 0.29) is 5.56 Å². The lowest BCUT2D eigenvalue weighted by atomic mass is 10.1. The van der Waals surface area contributed by atoms with E-state index in [0.29, 0.717) is 5.75 Å². The number of Topliss-reactive ketones (excluding diaryl/α,β-unsaturated/α-hetero) is 1. The van der Waals surface area contributed by atoms with Gasteiger partial charge in [-0.2, -0.15) is 13.2 Å². The first-order valence-electron chi connectivity index (χ1n) is 5.20. The number of ketones is 1. The number of hydrogen-bond donors (Lipinski definition) is 0. The summed E-state index contributed by atoms with van der Waals surface area (Å²) in [5.41, 5.74) is 0.283. The lowest BCUT2D eigenvalue weighted by Gasteiger charge is -2.15. The number of carbonyl (C=O) groups is 1. The lowest BCUT2D eigenvalue weighted by molar-refractivity contribution is -0.210. The van der Waals surface area contributed by atoms with E-state index < -0.39 is 24.7 Å². The predicted molar refractivity (Wildman–Crippen MR) is 58.8 cm³/mol.